The van der Waals surface area contributed by atoms with Gasteiger partial charge in [-0.05, 0) is 42.7 Å². The van der Waals surface area contributed by atoms with Crippen LogP contribution in [-0.2, 0) is 6.18 Å². The van der Waals surface area contributed by atoms with Crippen LogP contribution in [0.5, 0.6) is 5.75 Å². The van der Waals surface area contributed by atoms with Crippen LogP contribution < -0.4 is 4.74 Å². The zero-order valence-corrected chi connectivity index (χ0v) is 13.3. The molecule has 0 aliphatic carbocycles. The smallest absolute Gasteiger partial charge is 0.417 e. The van der Waals surface area contributed by atoms with Crippen LogP contribution in [0, 0.1) is 17.2 Å². The van der Waals surface area contributed by atoms with E-state index in [1.807, 2.05) is 13.8 Å². The van der Waals surface area contributed by atoms with Crippen LogP contribution in [0.25, 0.3) is 0 Å². The number of benzene rings is 1. The van der Waals surface area contributed by atoms with Gasteiger partial charge in [-0.2, -0.15) is 18.4 Å². The van der Waals surface area contributed by atoms with Crippen LogP contribution in [0.4, 0.5) is 13.2 Å². The molecule has 1 aromatic heterocycles. The molecule has 2 rings (SSSR count). The lowest BCUT2D eigenvalue weighted by atomic mass is 10.0. The average Bonchev–Trinajstić information content (AvgIpc) is 2.54. The molecule has 0 aliphatic heterocycles. The SMILES string of the molecule is CC(C)CC(Oc1ccc(C#N)c(C(F)(F)F)c1)c1ccccn1. The zero-order chi connectivity index (χ0) is 17.7. The van der Waals surface area contributed by atoms with Gasteiger partial charge in [0.2, 0.25) is 0 Å². The Balaban J connectivity index is 2.35. The summed E-state index contributed by atoms with van der Waals surface area (Å²) >= 11 is 0. The molecule has 0 bridgehead atoms. The Morgan fingerprint density at radius 2 is 1.96 bits per heavy atom. The average molecular weight is 334 g/mol. The van der Waals surface area contributed by atoms with Crippen LogP contribution >= 0.6 is 0 Å². The number of hydrogen-bond acceptors (Lipinski definition) is 3. The Bertz CT molecular complexity index is 721. The predicted octanol–water partition coefficient (Wildman–Crippen LogP) is 5.14. The first-order valence-corrected chi connectivity index (χ1v) is 7.50. The van der Waals surface area contributed by atoms with Crippen molar-refractivity contribution >= 4 is 0 Å². The molecule has 1 aromatic carbocycles. The van der Waals surface area contributed by atoms with Gasteiger partial charge in [0.15, 0.2) is 0 Å². The molecule has 0 fully saturated rings. The number of alkyl halides is 3. The zero-order valence-electron chi connectivity index (χ0n) is 13.3. The Morgan fingerprint density at radius 3 is 2.50 bits per heavy atom. The highest BCUT2D eigenvalue weighted by molar-refractivity contribution is 5.44. The number of nitriles is 1. The van der Waals surface area contributed by atoms with Gasteiger partial charge >= 0.3 is 6.18 Å². The lowest BCUT2D eigenvalue weighted by molar-refractivity contribution is -0.137. The largest absolute Gasteiger partial charge is 0.484 e. The molecule has 6 heteroatoms. The maximum atomic E-state index is 13.1. The van der Waals surface area contributed by atoms with E-state index in [1.165, 1.54) is 6.07 Å². The predicted molar refractivity (Wildman–Crippen MR) is 83.2 cm³/mol. The summed E-state index contributed by atoms with van der Waals surface area (Å²) in [6, 6.07) is 10.3. The van der Waals surface area contributed by atoms with Crippen LogP contribution in [0.2, 0.25) is 0 Å². The number of aromatic nitrogens is 1. The molecule has 0 amide bonds. The van der Waals surface area contributed by atoms with E-state index in [1.54, 1.807) is 30.5 Å². The van der Waals surface area contributed by atoms with E-state index in [4.69, 9.17) is 10.00 Å². The number of pyridine rings is 1. The molecule has 24 heavy (non-hydrogen) atoms. The summed E-state index contributed by atoms with van der Waals surface area (Å²) in [5.41, 5.74) is -0.760. The summed E-state index contributed by atoms with van der Waals surface area (Å²) in [6.45, 7) is 4.00. The van der Waals surface area contributed by atoms with E-state index in [-0.39, 0.29) is 11.7 Å². The third-order valence-corrected chi connectivity index (χ3v) is 3.40. The molecule has 3 nitrogen and oxygen atoms in total. The maximum Gasteiger partial charge on any atom is 0.417 e. The Kier molecular flexibility index (Phi) is 5.45. The van der Waals surface area contributed by atoms with Gasteiger partial charge in [0.1, 0.15) is 11.9 Å². The van der Waals surface area contributed by atoms with Crippen LogP contribution in [0.1, 0.15) is 43.2 Å². The second kappa shape index (κ2) is 7.35. The van der Waals surface area contributed by atoms with Crippen molar-refractivity contribution in [3.63, 3.8) is 0 Å². The molecule has 0 N–H and O–H groups in total. The minimum absolute atomic E-state index is 0.0672. The number of nitrogens with zero attached hydrogens (tertiary/aromatic N) is 2. The molecule has 0 saturated carbocycles. The second-order valence-corrected chi connectivity index (χ2v) is 5.81. The van der Waals surface area contributed by atoms with E-state index in [0.29, 0.717) is 12.1 Å². The topological polar surface area (TPSA) is 45.9 Å². The fourth-order valence-electron chi connectivity index (χ4n) is 2.32. The summed E-state index contributed by atoms with van der Waals surface area (Å²) in [6.07, 6.45) is -2.84. The molecule has 1 heterocycles. The molecule has 2 aromatic rings. The van der Waals surface area contributed by atoms with Gasteiger partial charge in [0.05, 0.1) is 22.9 Å². The quantitative estimate of drug-likeness (QED) is 0.761. The standard InChI is InChI=1S/C18H17F3N2O/c1-12(2)9-17(16-5-3-4-8-23-16)24-14-7-6-13(11-22)15(10-14)18(19,20)21/h3-8,10,12,17H,9H2,1-2H3. The van der Waals surface area contributed by atoms with Gasteiger partial charge in [-0.15, -0.1) is 0 Å². The van der Waals surface area contributed by atoms with Gasteiger partial charge in [-0.25, -0.2) is 0 Å². The van der Waals surface area contributed by atoms with E-state index in [2.05, 4.69) is 4.98 Å². The first kappa shape index (κ1) is 17.8. The van der Waals surface area contributed by atoms with Crippen molar-refractivity contribution < 1.29 is 17.9 Å². The van der Waals surface area contributed by atoms with E-state index in [0.717, 1.165) is 12.1 Å². The fourth-order valence-corrected chi connectivity index (χ4v) is 2.32. The summed E-state index contributed by atoms with van der Waals surface area (Å²) in [5.74, 6) is 0.343. The summed E-state index contributed by atoms with van der Waals surface area (Å²) in [4.78, 5) is 4.23. The van der Waals surface area contributed by atoms with Crippen molar-refractivity contribution in [2.24, 2.45) is 5.92 Å². The molecule has 1 unspecified atom stereocenters. The molecule has 126 valence electrons. The Labute approximate surface area is 138 Å². The first-order chi connectivity index (χ1) is 11.3. The minimum Gasteiger partial charge on any atom is -0.484 e. The molecular formula is C18H17F3N2O. The van der Waals surface area contributed by atoms with Gasteiger partial charge < -0.3 is 4.74 Å². The van der Waals surface area contributed by atoms with Crippen molar-refractivity contribution in [3.8, 4) is 11.8 Å². The minimum atomic E-state index is -4.61. The third-order valence-electron chi connectivity index (χ3n) is 3.40. The van der Waals surface area contributed by atoms with Crippen molar-refractivity contribution in [2.75, 3.05) is 0 Å². The number of ether oxygens (including phenoxy) is 1. The maximum absolute atomic E-state index is 13.1. The molecule has 0 spiro atoms. The normalized spacial score (nSPS) is 12.7. The Hall–Kier alpha value is -2.55. The summed E-state index contributed by atoms with van der Waals surface area (Å²) in [7, 11) is 0. The van der Waals surface area contributed by atoms with Crippen molar-refractivity contribution in [2.45, 2.75) is 32.5 Å². The summed E-state index contributed by atoms with van der Waals surface area (Å²) < 4.78 is 45.0. The monoisotopic (exact) mass is 334 g/mol. The third kappa shape index (κ3) is 4.48. The Morgan fingerprint density at radius 1 is 1.21 bits per heavy atom. The van der Waals surface area contributed by atoms with Crippen LogP contribution in [0.15, 0.2) is 42.6 Å². The van der Waals surface area contributed by atoms with Gasteiger partial charge in [0.25, 0.3) is 0 Å². The fraction of sp³-hybridized carbons (Fsp3) is 0.333. The lowest BCUT2D eigenvalue weighted by Crippen LogP contribution is -2.13. The van der Waals surface area contributed by atoms with Crippen molar-refractivity contribution in [1.29, 1.82) is 5.26 Å². The van der Waals surface area contributed by atoms with Crippen LogP contribution in [0.3, 0.4) is 0 Å². The number of halogens is 3. The molecule has 0 radical (unpaired) electrons. The van der Waals surface area contributed by atoms with Gasteiger partial charge in [-0.3, -0.25) is 4.98 Å². The first-order valence-electron chi connectivity index (χ1n) is 7.50. The van der Waals surface area contributed by atoms with Crippen LogP contribution in [-0.4, -0.2) is 4.98 Å². The molecule has 0 aliphatic rings. The van der Waals surface area contributed by atoms with Crippen molar-refractivity contribution in [3.05, 3.63) is 59.4 Å². The highest BCUT2D eigenvalue weighted by Gasteiger charge is 2.34. The molecular weight excluding hydrogens is 317 g/mol. The van der Waals surface area contributed by atoms with E-state index < -0.39 is 23.4 Å². The van der Waals surface area contributed by atoms with E-state index >= 15 is 0 Å². The highest BCUT2D eigenvalue weighted by Crippen LogP contribution is 2.35. The molecule has 1 atom stereocenters. The highest BCUT2D eigenvalue weighted by atomic mass is 19.4. The molecule has 0 saturated heterocycles. The van der Waals surface area contributed by atoms with E-state index in [9.17, 15) is 13.2 Å². The summed E-state index contributed by atoms with van der Waals surface area (Å²) in [5, 5.41) is 8.85. The second-order valence-electron chi connectivity index (χ2n) is 5.81. The number of rotatable bonds is 5. The number of hydrogen-bond donors (Lipinski definition) is 0. The van der Waals surface area contributed by atoms with Gasteiger partial charge in [-0.1, -0.05) is 19.9 Å². The lowest BCUT2D eigenvalue weighted by Gasteiger charge is -2.21. The van der Waals surface area contributed by atoms with Gasteiger partial charge in [0, 0.05) is 6.20 Å². The van der Waals surface area contributed by atoms with Crippen molar-refractivity contribution in [1.82, 2.24) is 4.98 Å².